The zero-order chi connectivity index (χ0) is 19.6. The predicted octanol–water partition coefficient (Wildman–Crippen LogP) is -0.192. The number of amides is 1. The van der Waals surface area contributed by atoms with Crippen LogP contribution in [0.5, 0.6) is 0 Å². The van der Waals surface area contributed by atoms with Crippen LogP contribution in [0.2, 0.25) is 0 Å². The highest BCUT2D eigenvalue weighted by Crippen LogP contribution is 2.24. The van der Waals surface area contributed by atoms with Gasteiger partial charge in [0.05, 0.1) is 6.54 Å². The molecule has 1 amide bonds. The minimum atomic E-state index is -3.65. The van der Waals surface area contributed by atoms with Gasteiger partial charge in [-0.2, -0.15) is 4.31 Å². The van der Waals surface area contributed by atoms with Crippen molar-refractivity contribution in [3.8, 4) is 0 Å². The molecule has 0 saturated carbocycles. The molecule has 1 aromatic heterocycles. The van der Waals surface area contributed by atoms with Crippen LogP contribution in [0.3, 0.4) is 0 Å². The highest BCUT2D eigenvalue weighted by atomic mass is 32.2. The number of aryl methyl sites for hydroxylation is 2. The third-order valence-electron chi connectivity index (χ3n) is 5.43. The fraction of sp³-hybridized carbons (Fsp3) is 0.765. The van der Waals surface area contributed by atoms with E-state index in [0.717, 1.165) is 25.9 Å². The summed E-state index contributed by atoms with van der Waals surface area (Å²) in [6.45, 7) is 6.83. The average molecular weight is 400 g/mol. The molecule has 3 heterocycles. The Bertz CT molecular complexity index is 751. The molecule has 1 atom stereocenters. The summed E-state index contributed by atoms with van der Waals surface area (Å²) in [5.41, 5.74) is 0.371. The van der Waals surface area contributed by atoms with Crippen LogP contribution in [0.1, 0.15) is 24.3 Å². The first kappa shape index (κ1) is 20.2. The van der Waals surface area contributed by atoms with Crippen molar-refractivity contribution >= 4 is 15.9 Å². The van der Waals surface area contributed by atoms with E-state index in [-0.39, 0.29) is 23.9 Å². The van der Waals surface area contributed by atoms with Crippen molar-refractivity contribution in [3.63, 3.8) is 0 Å². The first-order valence-electron chi connectivity index (χ1n) is 9.43. The number of likely N-dealkylation sites (tertiary alicyclic amines) is 1. The van der Waals surface area contributed by atoms with Gasteiger partial charge in [-0.1, -0.05) is 5.16 Å². The molecule has 1 aromatic rings. The van der Waals surface area contributed by atoms with Crippen LogP contribution < -0.4 is 5.32 Å². The molecule has 2 saturated heterocycles. The molecule has 1 N–H and O–H groups in total. The molecule has 9 nitrogen and oxygen atoms in total. The number of hydrogen-bond acceptors (Lipinski definition) is 7. The summed E-state index contributed by atoms with van der Waals surface area (Å²) in [6, 6.07) is 0.434. The van der Waals surface area contributed by atoms with E-state index in [2.05, 4.69) is 15.4 Å². The number of hydrogen-bond donors (Lipinski definition) is 1. The van der Waals surface area contributed by atoms with Crippen molar-refractivity contribution in [1.82, 2.24) is 24.6 Å². The number of piperidine rings is 1. The van der Waals surface area contributed by atoms with Gasteiger partial charge in [-0.05, 0) is 40.3 Å². The summed E-state index contributed by atoms with van der Waals surface area (Å²) in [5.74, 6) is 0.372. The summed E-state index contributed by atoms with van der Waals surface area (Å²) in [4.78, 5) is 16.7. The maximum atomic E-state index is 12.9. The largest absolute Gasteiger partial charge is 0.360 e. The van der Waals surface area contributed by atoms with Crippen LogP contribution in [0.25, 0.3) is 0 Å². The molecule has 0 bridgehead atoms. The monoisotopic (exact) mass is 399 g/mol. The molecule has 0 aromatic carbocycles. The van der Waals surface area contributed by atoms with Crippen molar-refractivity contribution in [1.29, 1.82) is 0 Å². The van der Waals surface area contributed by atoms with Gasteiger partial charge in [0.2, 0.25) is 15.9 Å². The first-order chi connectivity index (χ1) is 12.8. The van der Waals surface area contributed by atoms with Crippen LogP contribution in [-0.4, -0.2) is 92.5 Å². The molecule has 152 valence electrons. The maximum Gasteiger partial charge on any atom is 0.248 e. The average Bonchev–Trinajstić information content (AvgIpc) is 3.01. The zero-order valence-electron chi connectivity index (χ0n) is 16.3. The molecule has 3 rings (SSSR count). The fourth-order valence-electron chi connectivity index (χ4n) is 3.88. The summed E-state index contributed by atoms with van der Waals surface area (Å²) in [6.07, 6.45) is 2.22. The predicted molar refractivity (Wildman–Crippen MR) is 99.8 cm³/mol. The van der Waals surface area contributed by atoms with Crippen LogP contribution in [0.15, 0.2) is 9.42 Å². The lowest BCUT2D eigenvalue weighted by Crippen LogP contribution is -2.54. The molecule has 10 heteroatoms. The molecule has 1 unspecified atom stereocenters. The lowest BCUT2D eigenvalue weighted by Gasteiger charge is -2.37. The molecule has 0 aliphatic carbocycles. The van der Waals surface area contributed by atoms with Gasteiger partial charge in [0, 0.05) is 38.8 Å². The molecule has 2 fully saturated rings. The molecule has 27 heavy (non-hydrogen) atoms. The zero-order valence-corrected chi connectivity index (χ0v) is 17.1. The summed E-state index contributed by atoms with van der Waals surface area (Å²) in [7, 11) is -1.69. The second-order valence-electron chi connectivity index (χ2n) is 7.30. The van der Waals surface area contributed by atoms with Crippen LogP contribution >= 0.6 is 0 Å². The molecular weight excluding hydrogens is 370 g/mol. The van der Waals surface area contributed by atoms with Crippen LogP contribution in [0, 0.1) is 13.8 Å². The Labute approximate surface area is 160 Å². The molecular formula is C17H29N5O4S. The van der Waals surface area contributed by atoms with Crippen molar-refractivity contribution in [2.45, 2.75) is 37.6 Å². The molecule has 0 spiro atoms. The van der Waals surface area contributed by atoms with E-state index < -0.39 is 10.0 Å². The Hall–Kier alpha value is -1.49. The minimum Gasteiger partial charge on any atom is -0.360 e. The number of carbonyl (C=O) groups excluding carboxylic acids is 1. The highest BCUT2D eigenvalue weighted by Gasteiger charge is 2.34. The fourth-order valence-corrected chi connectivity index (χ4v) is 5.59. The van der Waals surface area contributed by atoms with Crippen molar-refractivity contribution in [2.24, 2.45) is 0 Å². The topological polar surface area (TPSA) is 99.0 Å². The standard InChI is InChI=1S/C17H29N5O4S/c1-13-17(14(2)26-19-13)27(24,25)22-9-7-21(8-10-22)16(23)12-20-6-4-5-15(11-20)18-3/h15,18H,4-12H2,1-3H3. The highest BCUT2D eigenvalue weighted by molar-refractivity contribution is 7.89. The molecule has 2 aliphatic heterocycles. The number of sulfonamides is 1. The lowest BCUT2D eigenvalue weighted by molar-refractivity contribution is -0.133. The van der Waals surface area contributed by atoms with E-state index in [1.807, 2.05) is 7.05 Å². The molecule has 0 radical (unpaired) electrons. The number of carbonyl (C=O) groups is 1. The second kappa shape index (κ2) is 8.26. The lowest BCUT2D eigenvalue weighted by atomic mass is 10.1. The van der Waals surface area contributed by atoms with Gasteiger partial charge in [0.15, 0.2) is 5.76 Å². The Balaban J connectivity index is 1.56. The smallest absolute Gasteiger partial charge is 0.248 e. The SMILES string of the molecule is CNC1CCCN(CC(=O)N2CCN(S(=O)(=O)c3c(C)noc3C)CC2)C1. The van der Waals surface area contributed by atoms with Crippen molar-refractivity contribution < 1.29 is 17.7 Å². The van der Waals surface area contributed by atoms with Crippen molar-refractivity contribution in [2.75, 3.05) is 52.9 Å². The summed E-state index contributed by atoms with van der Waals surface area (Å²) >= 11 is 0. The van der Waals surface area contributed by atoms with Gasteiger partial charge in [-0.25, -0.2) is 8.42 Å². The first-order valence-corrected chi connectivity index (χ1v) is 10.9. The third-order valence-corrected chi connectivity index (χ3v) is 7.57. The van der Waals surface area contributed by atoms with Gasteiger partial charge >= 0.3 is 0 Å². The van der Waals surface area contributed by atoms with Crippen LogP contribution in [0.4, 0.5) is 0 Å². The number of piperazine rings is 1. The third kappa shape index (κ3) is 4.34. The number of aromatic nitrogens is 1. The van der Waals surface area contributed by atoms with Gasteiger partial charge in [-0.3, -0.25) is 9.69 Å². The van der Waals surface area contributed by atoms with Crippen LogP contribution in [-0.2, 0) is 14.8 Å². The normalized spacial score (nSPS) is 22.9. The second-order valence-corrected chi connectivity index (χ2v) is 9.18. The summed E-state index contributed by atoms with van der Waals surface area (Å²) in [5, 5.41) is 7.02. The van der Waals surface area contributed by atoms with Gasteiger partial charge in [0.1, 0.15) is 10.6 Å². The Morgan fingerprint density at radius 3 is 2.52 bits per heavy atom. The van der Waals surface area contributed by atoms with Gasteiger partial charge < -0.3 is 14.7 Å². The Morgan fingerprint density at radius 2 is 1.93 bits per heavy atom. The van der Waals surface area contributed by atoms with E-state index in [1.165, 1.54) is 4.31 Å². The Kier molecular flexibility index (Phi) is 6.19. The van der Waals surface area contributed by atoms with Gasteiger partial charge in [-0.15, -0.1) is 0 Å². The van der Waals surface area contributed by atoms with Crippen molar-refractivity contribution in [3.05, 3.63) is 11.5 Å². The van der Waals surface area contributed by atoms with Gasteiger partial charge in [0.25, 0.3) is 0 Å². The summed E-state index contributed by atoms with van der Waals surface area (Å²) < 4.78 is 32.1. The van der Waals surface area contributed by atoms with E-state index in [9.17, 15) is 13.2 Å². The molecule has 2 aliphatic rings. The number of rotatable bonds is 5. The number of likely N-dealkylation sites (N-methyl/N-ethyl adjacent to an activating group) is 1. The Morgan fingerprint density at radius 1 is 1.22 bits per heavy atom. The maximum absolute atomic E-state index is 12.9. The number of nitrogens with zero attached hydrogens (tertiary/aromatic N) is 4. The number of nitrogens with one attached hydrogen (secondary N) is 1. The van der Waals surface area contributed by atoms with E-state index in [0.29, 0.717) is 37.1 Å². The minimum absolute atomic E-state index is 0.0705. The van der Waals surface area contributed by atoms with E-state index >= 15 is 0 Å². The van der Waals surface area contributed by atoms with E-state index in [4.69, 9.17) is 4.52 Å². The quantitative estimate of drug-likeness (QED) is 0.732. The van der Waals surface area contributed by atoms with E-state index in [1.54, 1.807) is 18.7 Å².